The summed E-state index contributed by atoms with van der Waals surface area (Å²) in [5, 5.41) is 5.97. The van der Waals surface area contributed by atoms with Crippen LogP contribution in [0.25, 0.3) is 0 Å². The molecule has 0 fully saturated rings. The summed E-state index contributed by atoms with van der Waals surface area (Å²) >= 11 is 5.98. The van der Waals surface area contributed by atoms with Gasteiger partial charge in [0.25, 0.3) is 15.9 Å². The van der Waals surface area contributed by atoms with Crippen molar-refractivity contribution in [3.8, 4) is 5.75 Å². The van der Waals surface area contributed by atoms with Gasteiger partial charge in [0, 0.05) is 11.6 Å². The molecule has 2 N–H and O–H groups in total. The van der Waals surface area contributed by atoms with Crippen molar-refractivity contribution in [1.82, 2.24) is 5.32 Å². The van der Waals surface area contributed by atoms with Gasteiger partial charge in [-0.05, 0) is 67.4 Å². The second kappa shape index (κ2) is 13.8. The summed E-state index contributed by atoms with van der Waals surface area (Å²) in [4.78, 5) is 26.3. The van der Waals surface area contributed by atoms with Gasteiger partial charge in [-0.25, -0.2) is 8.42 Å². The number of halogens is 1. The Kier molecular flexibility index (Phi) is 10.00. The zero-order chi connectivity index (χ0) is 29.2. The van der Waals surface area contributed by atoms with Gasteiger partial charge in [-0.2, -0.15) is 0 Å². The lowest BCUT2D eigenvalue weighted by Gasteiger charge is -2.26. The topological polar surface area (TPSA) is 105 Å². The van der Waals surface area contributed by atoms with Gasteiger partial charge in [0.15, 0.2) is 0 Å². The van der Waals surface area contributed by atoms with E-state index in [1.54, 1.807) is 55.5 Å². The van der Waals surface area contributed by atoms with Crippen LogP contribution in [0.15, 0.2) is 108 Å². The van der Waals surface area contributed by atoms with Gasteiger partial charge >= 0.3 is 0 Å². The van der Waals surface area contributed by atoms with Crippen molar-refractivity contribution in [1.29, 1.82) is 0 Å². The fraction of sp³-hybridized carbons (Fsp3) is 0.161. The highest BCUT2D eigenvalue weighted by molar-refractivity contribution is 7.92. The van der Waals surface area contributed by atoms with E-state index in [0.29, 0.717) is 30.3 Å². The highest BCUT2D eigenvalue weighted by atomic mass is 35.5. The number of anilines is 2. The van der Waals surface area contributed by atoms with Gasteiger partial charge in [0.1, 0.15) is 12.3 Å². The van der Waals surface area contributed by atoms with E-state index in [2.05, 4.69) is 10.6 Å². The van der Waals surface area contributed by atoms with E-state index in [1.807, 2.05) is 30.3 Å². The normalized spacial score (nSPS) is 11.0. The minimum atomic E-state index is -4.21. The molecule has 4 aromatic carbocycles. The molecule has 212 valence electrons. The fourth-order valence-electron chi connectivity index (χ4n) is 4.14. The van der Waals surface area contributed by atoms with E-state index < -0.39 is 22.5 Å². The molecule has 0 aromatic heterocycles. The monoisotopic (exact) mass is 591 g/mol. The molecule has 0 unspecified atom stereocenters. The van der Waals surface area contributed by atoms with Crippen LogP contribution < -0.4 is 19.7 Å². The predicted octanol–water partition coefficient (Wildman–Crippen LogP) is 5.55. The number of carbonyl (C=O) groups is 2. The Balaban J connectivity index is 1.56. The summed E-state index contributed by atoms with van der Waals surface area (Å²) in [7, 11) is -4.21. The van der Waals surface area contributed by atoms with Crippen LogP contribution in [0.3, 0.4) is 0 Å². The Labute approximate surface area is 245 Å². The third-order valence-corrected chi connectivity index (χ3v) is 8.14. The summed E-state index contributed by atoms with van der Waals surface area (Å²) in [6, 6.07) is 28.6. The number of para-hydroxylation sites is 3. The van der Waals surface area contributed by atoms with Crippen LogP contribution in [0.1, 0.15) is 22.8 Å². The predicted molar refractivity (Wildman–Crippen MR) is 161 cm³/mol. The molecule has 4 aromatic rings. The number of rotatable bonds is 12. The Morgan fingerprint density at radius 3 is 2.24 bits per heavy atom. The molecule has 0 atom stereocenters. The first-order chi connectivity index (χ1) is 19.8. The highest BCUT2D eigenvalue weighted by Crippen LogP contribution is 2.33. The summed E-state index contributed by atoms with van der Waals surface area (Å²) < 4.78 is 34.2. The lowest BCUT2D eigenvalue weighted by atomic mass is 10.1. The molecule has 8 nitrogen and oxygen atoms in total. The maximum atomic E-state index is 13.8. The molecule has 0 bridgehead atoms. The maximum absolute atomic E-state index is 13.8. The summed E-state index contributed by atoms with van der Waals surface area (Å²) in [6.07, 6.45) is 0.651. The number of carbonyl (C=O) groups excluding carboxylic acids is 2. The van der Waals surface area contributed by atoms with E-state index >= 15 is 0 Å². The first-order valence-electron chi connectivity index (χ1n) is 13.0. The third kappa shape index (κ3) is 7.65. The number of nitrogens with zero attached hydrogens (tertiary/aromatic N) is 1. The average molecular weight is 592 g/mol. The lowest BCUT2D eigenvalue weighted by molar-refractivity contribution is -0.114. The summed E-state index contributed by atoms with van der Waals surface area (Å²) in [5.41, 5.74) is 1.81. The first kappa shape index (κ1) is 29.6. The van der Waals surface area contributed by atoms with Gasteiger partial charge in [-0.3, -0.25) is 13.9 Å². The molecule has 41 heavy (non-hydrogen) atoms. The number of hydrogen-bond acceptors (Lipinski definition) is 5. The SMILES string of the molecule is CCOc1ccccc1N(CC(=O)Nc1ccccc1C(=O)NCCc1ccccc1)S(=O)(=O)c1ccc(Cl)cc1. The van der Waals surface area contributed by atoms with Crippen LogP contribution in [0.2, 0.25) is 5.02 Å². The molecule has 0 spiro atoms. The zero-order valence-corrected chi connectivity index (χ0v) is 24.0. The molecule has 0 saturated heterocycles. The van der Waals surface area contributed by atoms with Gasteiger partial charge in [0.2, 0.25) is 5.91 Å². The first-order valence-corrected chi connectivity index (χ1v) is 14.8. The molecule has 10 heteroatoms. The van der Waals surface area contributed by atoms with Gasteiger partial charge in [-0.1, -0.05) is 66.2 Å². The zero-order valence-electron chi connectivity index (χ0n) is 22.4. The van der Waals surface area contributed by atoms with E-state index in [4.69, 9.17) is 16.3 Å². The van der Waals surface area contributed by atoms with Gasteiger partial charge < -0.3 is 15.4 Å². The van der Waals surface area contributed by atoms with Gasteiger partial charge in [0.05, 0.1) is 28.4 Å². The fourth-order valence-corrected chi connectivity index (χ4v) is 5.70. The molecule has 4 rings (SSSR count). The van der Waals surface area contributed by atoms with Crippen molar-refractivity contribution in [3.05, 3.63) is 119 Å². The molecule has 0 radical (unpaired) electrons. The van der Waals surface area contributed by atoms with E-state index in [1.165, 1.54) is 24.3 Å². The van der Waals surface area contributed by atoms with E-state index in [0.717, 1.165) is 9.87 Å². The highest BCUT2D eigenvalue weighted by Gasteiger charge is 2.30. The molecule has 2 amide bonds. The summed E-state index contributed by atoms with van der Waals surface area (Å²) in [6.45, 7) is 1.92. The Morgan fingerprint density at radius 2 is 1.51 bits per heavy atom. The van der Waals surface area contributed by atoms with Crippen molar-refractivity contribution in [3.63, 3.8) is 0 Å². The van der Waals surface area contributed by atoms with Crippen molar-refractivity contribution in [2.75, 3.05) is 29.3 Å². The second-order valence-corrected chi connectivity index (χ2v) is 11.3. The maximum Gasteiger partial charge on any atom is 0.264 e. The molecule has 0 heterocycles. The number of nitrogens with one attached hydrogen (secondary N) is 2. The quantitative estimate of drug-likeness (QED) is 0.225. The van der Waals surface area contributed by atoms with Crippen LogP contribution in [0, 0.1) is 0 Å². The third-order valence-electron chi connectivity index (χ3n) is 6.11. The number of amides is 2. The molecular formula is C31H30ClN3O5S. The van der Waals surface area contributed by atoms with Crippen molar-refractivity contribution < 1.29 is 22.7 Å². The van der Waals surface area contributed by atoms with E-state index in [-0.39, 0.29) is 27.7 Å². The minimum absolute atomic E-state index is 0.0424. The molecule has 0 aliphatic rings. The van der Waals surface area contributed by atoms with Gasteiger partial charge in [-0.15, -0.1) is 0 Å². The number of ether oxygens (including phenoxy) is 1. The van der Waals surface area contributed by atoms with Crippen LogP contribution in [0.4, 0.5) is 11.4 Å². The van der Waals surface area contributed by atoms with Crippen molar-refractivity contribution >= 4 is 44.8 Å². The van der Waals surface area contributed by atoms with Crippen LogP contribution in [0.5, 0.6) is 5.75 Å². The molecule has 0 saturated carbocycles. The number of sulfonamides is 1. The average Bonchev–Trinajstić information content (AvgIpc) is 2.97. The Bertz CT molecular complexity index is 1600. The van der Waals surface area contributed by atoms with Crippen LogP contribution in [-0.2, 0) is 21.2 Å². The molecule has 0 aliphatic carbocycles. The number of benzene rings is 4. The molecular weight excluding hydrogens is 562 g/mol. The molecule has 0 aliphatic heterocycles. The lowest BCUT2D eigenvalue weighted by Crippen LogP contribution is -2.38. The minimum Gasteiger partial charge on any atom is -0.492 e. The number of hydrogen-bond donors (Lipinski definition) is 2. The second-order valence-electron chi connectivity index (χ2n) is 8.95. The summed E-state index contributed by atoms with van der Waals surface area (Å²) in [5.74, 6) is -0.693. The van der Waals surface area contributed by atoms with Crippen LogP contribution in [-0.4, -0.2) is 39.9 Å². The van der Waals surface area contributed by atoms with Crippen molar-refractivity contribution in [2.24, 2.45) is 0 Å². The smallest absolute Gasteiger partial charge is 0.264 e. The Hall–Kier alpha value is -4.34. The van der Waals surface area contributed by atoms with E-state index in [9.17, 15) is 18.0 Å². The standard InChI is InChI=1S/C31H30ClN3O5S/c1-2-40-29-15-9-8-14-28(29)35(41(38,39)25-18-16-24(32)17-19-25)22-30(36)34-27-13-7-6-12-26(27)31(37)33-21-20-23-10-4-3-5-11-23/h3-19H,2,20-22H2,1H3,(H,33,37)(H,34,36). The van der Waals surface area contributed by atoms with Crippen molar-refractivity contribution in [2.45, 2.75) is 18.2 Å². The Morgan fingerprint density at radius 1 is 0.854 bits per heavy atom. The van der Waals surface area contributed by atoms with Crippen LogP contribution >= 0.6 is 11.6 Å². The largest absolute Gasteiger partial charge is 0.492 e.